The van der Waals surface area contributed by atoms with E-state index in [0.29, 0.717) is 12.0 Å². The highest BCUT2D eigenvalue weighted by Crippen LogP contribution is 2.20. The second-order valence-corrected chi connectivity index (χ2v) is 3.86. The maximum atomic E-state index is 4.41. The number of H-pyrrole nitrogens is 1. The fraction of sp³-hybridized carbons (Fsp3) is 0.500. The third-order valence-electron chi connectivity index (χ3n) is 2.07. The second-order valence-electron chi connectivity index (χ2n) is 3.86. The minimum absolute atomic E-state index is 0.322. The average Bonchev–Trinajstić information content (AvgIpc) is 2.65. The summed E-state index contributed by atoms with van der Waals surface area (Å²) >= 11 is 0. The molecule has 0 saturated heterocycles. The zero-order valence-electron chi connectivity index (χ0n) is 9.70. The molecule has 0 atom stereocenters. The number of hydrogen-bond donors (Lipinski definition) is 3. The van der Waals surface area contributed by atoms with E-state index in [4.69, 9.17) is 0 Å². The monoisotopic (exact) mass is 220 g/mol. The van der Waals surface area contributed by atoms with Crippen molar-refractivity contribution in [3.05, 3.63) is 6.20 Å². The van der Waals surface area contributed by atoms with Gasteiger partial charge in [-0.15, -0.1) is 0 Å². The summed E-state index contributed by atoms with van der Waals surface area (Å²) in [5, 5.41) is 14.1. The Bertz CT molecular complexity index is 475. The summed E-state index contributed by atoms with van der Waals surface area (Å²) < 4.78 is 0. The summed E-state index contributed by atoms with van der Waals surface area (Å²) in [4.78, 5) is 8.72. The van der Waals surface area contributed by atoms with Gasteiger partial charge in [0.15, 0.2) is 5.65 Å². The summed E-state index contributed by atoms with van der Waals surface area (Å²) in [7, 11) is 0. The van der Waals surface area contributed by atoms with Crippen LogP contribution in [0.15, 0.2) is 6.20 Å². The summed E-state index contributed by atoms with van der Waals surface area (Å²) in [5.41, 5.74) is 0.745. The molecule has 2 rings (SSSR count). The number of nitrogens with one attached hydrogen (secondary N) is 3. The van der Waals surface area contributed by atoms with Gasteiger partial charge in [-0.1, -0.05) is 0 Å². The number of anilines is 2. The van der Waals surface area contributed by atoms with Crippen molar-refractivity contribution in [3.8, 4) is 0 Å². The Morgan fingerprint density at radius 3 is 2.88 bits per heavy atom. The minimum atomic E-state index is 0.322. The standard InChI is InChI=1S/C10H16N6/c1-4-11-10-14-8(13-6(2)3)7-5-12-16-9(7)15-10/h5-6H,4H2,1-3H3,(H3,11,12,13,14,15,16). The zero-order chi connectivity index (χ0) is 11.5. The van der Waals surface area contributed by atoms with Gasteiger partial charge in [0.1, 0.15) is 5.82 Å². The van der Waals surface area contributed by atoms with Crippen LogP contribution in [0.2, 0.25) is 0 Å². The molecule has 2 heterocycles. The molecule has 0 unspecified atom stereocenters. The Morgan fingerprint density at radius 1 is 1.38 bits per heavy atom. The van der Waals surface area contributed by atoms with Crippen LogP contribution >= 0.6 is 0 Å². The van der Waals surface area contributed by atoms with E-state index in [1.54, 1.807) is 6.20 Å². The Morgan fingerprint density at radius 2 is 2.19 bits per heavy atom. The molecule has 0 amide bonds. The summed E-state index contributed by atoms with van der Waals surface area (Å²) in [6, 6.07) is 0.322. The van der Waals surface area contributed by atoms with Crippen LogP contribution in [-0.2, 0) is 0 Å². The number of fused-ring (bicyclic) bond motifs is 1. The molecule has 6 nitrogen and oxygen atoms in total. The molecule has 16 heavy (non-hydrogen) atoms. The Labute approximate surface area is 93.9 Å². The Hall–Kier alpha value is -1.85. The van der Waals surface area contributed by atoms with Gasteiger partial charge in [0.2, 0.25) is 5.95 Å². The highest BCUT2D eigenvalue weighted by atomic mass is 15.2. The lowest BCUT2D eigenvalue weighted by molar-refractivity contribution is 0.890. The average molecular weight is 220 g/mol. The molecule has 2 aromatic heterocycles. The molecule has 0 aliphatic rings. The van der Waals surface area contributed by atoms with Crippen molar-refractivity contribution in [2.24, 2.45) is 0 Å². The molecule has 86 valence electrons. The SMILES string of the molecule is CCNc1nc(NC(C)C)c2cn[nH]c2n1. The quantitative estimate of drug-likeness (QED) is 0.729. The number of aromatic amines is 1. The lowest BCUT2D eigenvalue weighted by atomic mass is 10.3. The van der Waals surface area contributed by atoms with Gasteiger partial charge >= 0.3 is 0 Å². The number of aromatic nitrogens is 4. The fourth-order valence-electron chi connectivity index (χ4n) is 1.46. The van der Waals surface area contributed by atoms with E-state index < -0.39 is 0 Å². The molecule has 3 N–H and O–H groups in total. The van der Waals surface area contributed by atoms with Crippen molar-refractivity contribution in [1.29, 1.82) is 0 Å². The van der Waals surface area contributed by atoms with Crippen molar-refractivity contribution >= 4 is 22.8 Å². The van der Waals surface area contributed by atoms with Crippen molar-refractivity contribution < 1.29 is 0 Å². The second kappa shape index (κ2) is 4.34. The van der Waals surface area contributed by atoms with Crippen LogP contribution in [0.4, 0.5) is 11.8 Å². The molecule has 6 heteroatoms. The zero-order valence-corrected chi connectivity index (χ0v) is 9.70. The van der Waals surface area contributed by atoms with E-state index in [1.165, 1.54) is 0 Å². The number of nitrogens with zero attached hydrogens (tertiary/aromatic N) is 3. The molecule has 2 aromatic rings. The minimum Gasteiger partial charge on any atom is -0.367 e. The van der Waals surface area contributed by atoms with Crippen LogP contribution in [0.5, 0.6) is 0 Å². The van der Waals surface area contributed by atoms with Gasteiger partial charge in [0.25, 0.3) is 0 Å². The van der Waals surface area contributed by atoms with Crippen LogP contribution < -0.4 is 10.6 Å². The van der Waals surface area contributed by atoms with E-state index in [9.17, 15) is 0 Å². The van der Waals surface area contributed by atoms with Crippen molar-refractivity contribution in [3.63, 3.8) is 0 Å². The van der Waals surface area contributed by atoms with E-state index in [0.717, 1.165) is 23.4 Å². The van der Waals surface area contributed by atoms with Gasteiger partial charge in [0, 0.05) is 12.6 Å². The number of rotatable bonds is 4. The molecule has 0 radical (unpaired) electrons. The molecule has 0 aromatic carbocycles. The Kier molecular flexibility index (Phi) is 2.89. The van der Waals surface area contributed by atoms with E-state index in [2.05, 4.69) is 44.6 Å². The van der Waals surface area contributed by atoms with Crippen LogP contribution in [0.1, 0.15) is 20.8 Å². The van der Waals surface area contributed by atoms with Gasteiger partial charge in [-0.3, -0.25) is 5.10 Å². The predicted octanol–water partition coefficient (Wildman–Crippen LogP) is 1.60. The van der Waals surface area contributed by atoms with Gasteiger partial charge < -0.3 is 10.6 Å². The Balaban J connectivity index is 2.46. The van der Waals surface area contributed by atoms with E-state index in [1.807, 2.05) is 6.92 Å². The topological polar surface area (TPSA) is 78.5 Å². The number of hydrogen-bond acceptors (Lipinski definition) is 5. The smallest absolute Gasteiger partial charge is 0.226 e. The van der Waals surface area contributed by atoms with Crippen LogP contribution in [0, 0.1) is 0 Å². The van der Waals surface area contributed by atoms with Crippen LogP contribution in [-0.4, -0.2) is 32.8 Å². The highest BCUT2D eigenvalue weighted by molar-refractivity contribution is 5.87. The normalized spacial score (nSPS) is 11.0. The molecule has 0 bridgehead atoms. The maximum Gasteiger partial charge on any atom is 0.226 e. The summed E-state index contributed by atoms with van der Waals surface area (Å²) in [6.45, 7) is 6.94. The summed E-state index contributed by atoms with van der Waals surface area (Å²) in [5.74, 6) is 1.42. The fourth-order valence-corrected chi connectivity index (χ4v) is 1.46. The molecule has 0 aliphatic carbocycles. The predicted molar refractivity (Wildman–Crippen MR) is 64.6 cm³/mol. The first kappa shape index (κ1) is 10.7. The first-order valence-corrected chi connectivity index (χ1v) is 5.42. The molecule has 0 saturated carbocycles. The molecular weight excluding hydrogens is 204 g/mol. The third kappa shape index (κ3) is 2.05. The van der Waals surface area contributed by atoms with Gasteiger partial charge in [-0.05, 0) is 20.8 Å². The first-order valence-electron chi connectivity index (χ1n) is 5.42. The summed E-state index contributed by atoms with van der Waals surface area (Å²) in [6.07, 6.45) is 1.73. The lowest BCUT2D eigenvalue weighted by Crippen LogP contribution is -2.13. The molecule has 0 aliphatic heterocycles. The molecule has 0 spiro atoms. The van der Waals surface area contributed by atoms with Crippen LogP contribution in [0.3, 0.4) is 0 Å². The van der Waals surface area contributed by atoms with Crippen molar-refractivity contribution in [1.82, 2.24) is 20.2 Å². The highest BCUT2D eigenvalue weighted by Gasteiger charge is 2.09. The van der Waals surface area contributed by atoms with Gasteiger partial charge in [-0.25, -0.2) is 0 Å². The lowest BCUT2D eigenvalue weighted by Gasteiger charge is -2.11. The molecule has 0 fully saturated rings. The van der Waals surface area contributed by atoms with E-state index >= 15 is 0 Å². The third-order valence-corrected chi connectivity index (χ3v) is 2.07. The van der Waals surface area contributed by atoms with Gasteiger partial charge in [-0.2, -0.15) is 15.1 Å². The van der Waals surface area contributed by atoms with Crippen molar-refractivity contribution in [2.75, 3.05) is 17.2 Å². The first-order chi connectivity index (χ1) is 7.70. The van der Waals surface area contributed by atoms with E-state index in [-0.39, 0.29) is 0 Å². The van der Waals surface area contributed by atoms with Gasteiger partial charge in [0.05, 0.1) is 11.6 Å². The molecular formula is C10H16N6. The maximum absolute atomic E-state index is 4.41. The largest absolute Gasteiger partial charge is 0.367 e. The van der Waals surface area contributed by atoms with Crippen LogP contribution in [0.25, 0.3) is 11.0 Å². The van der Waals surface area contributed by atoms with Crippen molar-refractivity contribution in [2.45, 2.75) is 26.8 Å².